The molecule has 1 aliphatic rings. The van der Waals surface area contributed by atoms with E-state index in [2.05, 4.69) is 9.88 Å². The summed E-state index contributed by atoms with van der Waals surface area (Å²) in [5.41, 5.74) is 1.83. The molecule has 9 heteroatoms. The van der Waals surface area contributed by atoms with Gasteiger partial charge in [0.2, 0.25) is 15.9 Å². The number of hydrogen-bond donors (Lipinski definition) is 1. The van der Waals surface area contributed by atoms with Crippen LogP contribution >= 0.6 is 0 Å². The first-order valence-electron chi connectivity index (χ1n) is 11.4. The maximum Gasteiger partial charge on any atom is 0.243 e. The summed E-state index contributed by atoms with van der Waals surface area (Å²) in [6, 6.07) is 12.6. The summed E-state index contributed by atoms with van der Waals surface area (Å²) in [4.78, 5) is 13.2. The minimum atomic E-state index is -3.69. The van der Waals surface area contributed by atoms with E-state index in [1.807, 2.05) is 37.4 Å². The molecule has 0 radical (unpaired) electrons. The molecule has 1 saturated heterocycles. The lowest BCUT2D eigenvalue weighted by Gasteiger charge is -2.31. The standard InChI is InChI=1S/C25H31N3O5S/c1-4-27-13-11-18-14-22(9-10-23(18)27)34(30,31)28-12-5-6-20(17-28)25(29)26-16-19-7-8-21(32-2)15-24(19)33-3/h7-11,13-15,20H,4-6,12,16-17H2,1-3H3,(H,26,29)/t20-/m1/s1. The Kier molecular flexibility index (Phi) is 7.13. The van der Waals surface area contributed by atoms with Crippen molar-refractivity contribution < 1.29 is 22.7 Å². The predicted octanol–water partition coefficient (Wildman–Crippen LogP) is 3.40. The molecule has 1 amide bonds. The Morgan fingerprint density at radius 1 is 1.12 bits per heavy atom. The van der Waals surface area contributed by atoms with Gasteiger partial charge in [0.05, 0.1) is 25.0 Å². The van der Waals surface area contributed by atoms with Crippen molar-refractivity contribution in [3.8, 4) is 11.5 Å². The molecule has 1 aliphatic heterocycles. The van der Waals surface area contributed by atoms with Gasteiger partial charge in [0, 0.05) is 54.9 Å². The molecule has 0 bridgehead atoms. The van der Waals surface area contributed by atoms with Gasteiger partial charge in [-0.15, -0.1) is 0 Å². The number of benzene rings is 2. The smallest absolute Gasteiger partial charge is 0.243 e. The lowest BCUT2D eigenvalue weighted by molar-refractivity contribution is -0.126. The summed E-state index contributed by atoms with van der Waals surface area (Å²) in [5, 5.41) is 3.83. The van der Waals surface area contributed by atoms with Crippen LogP contribution in [0, 0.1) is 5.92 Å². The van der Waals surface area contributed by atoms with Crippen LogP contribution in [-0.4, -0.2) is 50.5 Å². The largest absolute Gasteiger partial charge is 0.497 e. The summed E-state index contributed by atoms with van der Waals surface area (Å²) in [6.07, 6.45) is 3.24. The molecular weight excluding hydrogens is 454 g/mol. The second-order valence-corrected chi connectivity index (χ2v) is 10.4. The fraction of sp³-hybridized carbons (Fsp3) is 0.400. The Morgan fingerprint density at radius 2 is 1.94 bits per heavy atom. The zero-order chi connectivity index (χ0) is 24.3. The molecule has 182 valence electrons. The molecule has 2 aromatic carbocycles. The van der Waals surface area contributed by atoms with Crippen LogP contribution in [0.5, 0.6) is 11.5 Å². The molecule has 34 heavy (non-hydrogen) atoms. The van der Waals surface area contributed by atoms with Crippen LogP contribution in [0.4, 0.5) is 0 Å². The Morgan fingerprint density at radius 3 is 2.68 bits per heavy atom. The fourth-order valence-corrected chi connectivity index (χ4v) is 6.02. The second-order valence-electron chi connectivity index (χ2n) is 8.42. The van der Waals surface area contributed by atoms with Crippen molar-refractivity contribution in [3.05, 3.63) is 54.2 Å². The Labute approximate surface area is 200 Å². The molecule has 0 unspecified atom stereocenters. The molecule has 8 nitrogen and oxygen atoms in total. The normalized spacial score (nSPS) is 17.0. The number of rotatable bonds is 8. The fourth-order valence-electron chi connectivity index (χ4n) is 4.46. The van der Waals surface area contributed by atoms with Crippen molar-refractivity contribution in [2.24, 2.45) is 5.92 Å². The van der Waals surface area contributed by atoms with Crippen molar-refractivity contribution >= 4 is 26.8 Å². The van der Waals surface area contributed by atoms with Crippen LogP contribution in [0.2, 0.25) is 0 Å². The average Bonchev–Trinajstić information content (AvgIpc) is 3.29. The number of sulfonamides is 1. The number of piperidine rings is 1. The summed E-state index contributed by atoms with van der Waals surface area (Å²) >= 11 is 0. The summed E-state index contributed by atoms with van der Waals surface area (Å²) in [6.45, 7) is 3.74. The Balaban J connectivity index is 1.45. The van der Waals surface area contributed by atoms with Gasteiger partial charge in [0.1, 0.15) is 11.5 Å². The highest BCUT2D eigenvalue weighted by atomic mass is 32.2. The van der Waals surface area contributed by atoms with Crippen LogP contribution in [0.1, 0.15) is 25.3 Å². The molecule has 1 fully saturated rings. The Bertz CT molecular complexity index is 1280. The van der Waals surface area contributed by atoms with Crippen LogP contribution in [0.3, 0.4) is 0 Å². The molecule has 1 aromatic heterocycles. The average molecular weight is 486 g/mol. The van der Waals surface area contributed by atoms with E-state index < -0.39 is 15.9 Å². The number of methoxy groups -OCH3 is 2. The van der Waals surface area contributed by atoms with Crippen LogP contribution in [-0.2, 0) is 27.9 Å². The topological polar surface area (TPSA) is 89.9 Å². The molecule has 1 N–H and O–H groups in total. The van der Waals surface area contributed by atoms with Gasteiger partial charge >= 0.3 is 0 Å². The van der Waals surface area contributed by atoms with Gasteiger partial charge in [-0.1, -0.05) is 0 Å². The van der Waals surface area contributed by atoms with Gasteiger partial charge in [-0.25, -0.2) is 8.42 Å². The summed E-state index contributed by atoms with van der Waals surface area (Å²) in [7, 11) is -0.543. The Hall–Kier alpha value is -3.04. The van der Waals surface area contributed by atoms with E-state index >= 15 is 0 Å². The lowest BCUT2D eigenvalue weighted by Crippen LogP contribution is -2.45. The molecule has 2 heterocycles. The molecule has 3 aromatic rings. The van der Waals surface area contributed by atoms with Gasteiger partial charge in [0.15, 0.2) is 0 Å². The first kappa shape index (κ1) is 24.1. The number of carbonyl (C=O) groups is 1. The first-order chi connectivity index (χ1) is 16.4. The number of amides is 1. The zero-order valence-electron chi connectivity index (χ0n) is 19.8. The number of ether oxygens (including phenoxy) is 2. The maximum absolute atomic E-state index is 13.4. The highest BCUT2D eigenvalue weighted by Gasteiger charge is 2.33. The van der Waals surface area contributed by atoms with Crippen LogP contribution < -0.4 is 14.8 Å². The van der Waals surface area contributed by atoms with E-state index in [1.165, 1.54) is 4.31 Å². The van der Waals surface area contributed by atoms with E-state index in [0.717, 1.165) is 23.0 Å². The summed E-state index contributed by atoms with van der Waals surface area (Å²) < 4.78 is 40.8. The molecule has 1 atom stereocenters. The number of fused-ring (bicyclic) bond motifs is 1. The van der Waals surface area contributed by atoms with Gasteiger partial charge in [0.25, 0.3) is 0 Å². The highest BCUT2D eigenvalue weighted by molar-refractivity contribution is 7.89. The minimum absolute atomic E-state index is 0.159. The number of nitrogens with zero attached hydrogens (tertiary/aromatic N) is 2. The molecule has 4 rings (SSSR count). The van der Waals surface area contributed by atoms with E-state index in [9.17, 15) is 13.2 Å². The number of hydrogen-bond acceptors (Lipinski definition) is 5. The number of carbonyl (C=O) groups excluding carboxylic acids is 1. The molecule has 0 saturated carbocycles. The van der Waals surface area contributed by atoms with Gasteiger partial charge in [-0.05, 0) is 56.2 Å². The third kappa shape index (κ3) is 4.76. The third-order valence-corrected chi connectivity index (χ3v) is 8.28. The third-order valence-electron chi connectivity index (χ3n) is 6.42. The molecular formula is C25H31N3O5S. The van der Waals surface area contributed by atoms with Gasteiger partial charge in [-0.2, -0.15) is 4.31 Å². The van der Waals surface area contributed by atoms with E-state index in [1.54, 1.807) is 32.4 Å². The number of aromatic nitrogens is 1. The monoisotopic (exact) mass is 485 g/mol. The first-order valence-corrected chi connectivity index (χ1v) is 12.9. The van der Waals surface area contributed by atoms with Crippen LogP contribution in [0.25, 0.3) is 10.9 Å². The zero-order valence-corrected chi connectivity index (χ0v) is 20.6. The van der Waals surface area contributed by atoms with Crippen molar-refractivity contribution in [1.29, 1.82) is 0 Å². The van der Waals surface area contributed by atoms with E-state index in [0.29, 0.717) is 37.4 Å². The maximum atomic E-state index is 13.4. The van der Waals surface area contributed by atoms with Gasteiger partial charge in [-0.3, -0.25) is 4.79 Å². The van der Waals surface area contributed by atoms with Crippen molar-refractivity contribution in [2.75, 3.05) is 27.3 Å². The van der Waals surface area contributed by atoms with E-state index in [-0.39, 0.29) is 17.3 Å². The lowest BCUT2D eigenvalue weighted by atomic mass is 9.98. The SMILES string of the molecule is CCn1ccc2cc(S(=O)(=O)N3CCC[C@@H](C(=O)NCc4ccc(OC)cc4OC)C3)ccc21. The number of nitrogens with one attached hydrogen (secondary N) is 1. The minimum Gasteiger partial charge on any atom is -0.497 e. The van der Waals surface area contributed by atoms with Crippen molar-refractivity contribution in [3.63, 3.8) is 0 Å². The number of aryl methyl sites for hydroxylation is 1. The highest BCUT2D eigenvalue weighted by Crippen LogP contribution is 2.28. The predicted molar refractivity (Wildman–Crippen MR) is 130 cm³/mol. The molecule has 0 aliphatic carbocycles. The van der Waals surface area contributed by atoms with Gasteiger partial charge < -0.3 is 19.4 Å². The molecule has 0 spiro atoms. The second kappa shape index (κ2) is 10.1. The van der Waals surface area contributed by atoms with E-state index in [4.69, 9.17) is 9.47 Å². The van der Waals surface area contributed by atoms with Crippen LogP contribution in [0.15, 0.2) is 53.6 Å². The quantitative estimate of drug-likeness (QED) is 0.528. The summed E-state index contributed by atoms with van der Waals surface area (Å²) in [5.74, 6) is 0.732. The van der Waals surface area contributed by atoms with Crippen molar-refractivity contribution in [2.45, 2.75) is 37.8 Å². The van der Waals surface area contributed by atoms with Crippen molar-refractivity contribution in [1.82, 2.24) is 14.2 Å².